The maximum absolute atomic E-state index is 12.6. The number of carbonyl (C=O) groups excluding carboxylic acids is 1. The fraction of sp³-hybridized carbons (Fsp3) is 0.167. The fourth-order valence-corrected chi connectivity index (χ4v) is 2.15. The van der Waals surface area contributed by atoms with Gasteiger partial charge in [-0.15, -0.1) is 6.58 Å². The van der Waals surface area contributed by atoms with E-state index >= 15 is 0 Å². The summed E-state index contributed by atoms with van der Waals surface area (Å²) in [6, 6.07) is 19.6. The third kappa shape index (κ3) is 3.96. The van der Waals surface area contributed by atoms with Gasteiger partial charge in [0.2, 0.25) is 5.91 Å². The number of amides is 1. The van der Waals surface area contributed by atoms with E-state index in [0.29, 0.717) is 13.1 Å². The highest BCUT2D eigenvalue weighted by Gasteiger charge is 2.16. The van der Waals surface area contributed by atoms with Gasteiger partial charge in [-0.2, -0.15) is 0 Å². The number of hydrogen-bond acceptors (Lipinski definition) is 2. The summed E-state index contributed by atoms with van der Waals surface area (Å²) in [6.45, 7) is 4.57. The Morgan fingerprint density at radius 3 is 2.05 bits per heavy atom. The van der Waals surface area contributed by atoms with Crippen LogP contribution in [0.5, 0.6) is 0 Å². The number of nitrogens with zero attached hydrogens (tertiary/aromatic N) is 2. The third-order valence-corrected chi connectivity index (χ3v) is 3.25. The number of carbonyl (C=O) groups is 1. The molecule has 3 heteroatoms. The molecule has 2 aromatic rings. The molecule has 21 heavy (non-hydrogen) atoms. The first-order valence-electron chi connectivity index (χ1n) is 6.95. The van der Waals surface area contributed by atoms with Crippen molar-refractivity contribution >= 4 is 17.3 Å². The number of anilines is 2. The van der Waals surface area contributed by atoms with E-state index in [1.807, 2.05) is 72.6 Å². The lowest BCUT2D eigenvalue weighted by atomic mass is 10.2. The quantitative estimate of drug-likeness (QED) is 0.758. The van der Waals surface area contributed by atoms with E-state index in [1.54, 1.807) is 11.0 Å². The van der Waals surface area contributed by atoms with Gasteiger partial charge in [0.1, 0.15) is 0 Å². The zero-order valence-corrected chi connectivity index (χ0v) is 12.3. The van der Waals surface area contributed by atoms with E-state index in [2.05, 4.69) is 6.58 Å². The van der Waals surface area contributed by atoms with Gasteiger partial charge in [0.05, 0.1) is 6.54 Å². The molecule has 0 aliphatic heterocycles. The average Bonchev–Trinajstić information content (AvgIpc) is 2.54. The molecule has 0 saturated heterocycles. The van der Waals surface area contributed by atoms with E-state index in [4.69, 9.17) is 0 Å². The number of rotatable bonds is 6. The molecule has 0 aliphatic carbocycles. The zero-order valence-electron chi connectivity index (χ0n) is 12.3. The summed E-state index contributed by atoms with van der Waals surface area (Å²) in [5, 5.41) is 0. The van der Waals surface area contributed by atoms with Crippen LogP contribution >= 0.6 is 0 Å². The minimum Gasteiger partial charge on any atom is -0.365 e. The van der Waals surface area contributed by atoms with Crippen molar-refractivity contribution in [1.29, 1.82) is 0 Å². The largest absolute Gasteiger partial charge is 0.365 e. The molecule has 0 bridgehead atoms. The second kappa shape index (κ2) is 7.29. The summed E-state index contributed by atoms with van der Waals surface area (Å²) in [4.78, 5) is 16.2. The molecule has 0 fully saturated rings. The summed E-state index contributed by atoms with van der Waals surface area (Å²) >= 11 is 0. The van der Waals surface area contributed by atoms with E-state index < -0.39 is 0 Å². The van der Waals surface area contributed by atoms with Crippen LogP contribution in [0.3, 0.4) is 0 Å². The van der Waals surface area contributed by atoms with Gasteiger partial charge >= 0.3 is 0 Å². The Hall–Kier alpha value is -2.55. The molecule has 0 aromatic heterocycles. The van der Waals surface area contributed by atoms with Crippen LogP contribution < -0.4 is 9.80 Å². The summed E-state index contributed by atoms with van der Waals surface area (Å²) in [6.07, 6.45) is 1.74. The molecule has 0 heterocycles. The SMILES string of the molecule is C=CCN(C(=O)CN(C)c1ccccc1)c1ccccc1. The van der Waals surface area contributed by atoms with Crippen LogP contribution in [-0.4, -0.2) is 26.0 Å². The van der Waals surface area contributed by atoms with Crippen LogP contribution in [0.25, 0.3) is 0 Å². The minimum absolute atomic E-state index is 0.0486. The minimum atomic E-state index is 0.0486. The van der Waals surface area contributed by atoms with Crippen molar-refractivity contribution in [3.63, 3.8) is 0 Å². The molecule has 2 rings (SSSR count). The molecule has 1 amide bonds. The van der Waals surface area contributed by atoms with E-state index in [0.717, 1.165) is 11.4 Å². The zero-order chi connectivity index (χ0) is 15.1. The van der Waals surface area contributed by atoms with Crippen LogP contribution in [0.15, 0.2) is 73.3 Å². The molecule has 0 radical (unpaired) electrons. The van der Waals surface area contributed by atoms with Crippen molar-refractivity contribution in [3.8, 4) is 0 Å². The predicted molar refractivity (Wildman–Crippen MR) is 88.7 cm³/mol. The highest BCUT2D eigenvalue weighted by Crippen LogP contribution is 2.15. The van der Waals surface area contributed by atoms with Gasteiger partial charge in [-0.25, -0.2) is 0 Å². The lowest BCUT2D eigenvalue weighted by molar-refractivity contribution is -0.117. The van der Waals surface area contributed by atoms with Crippen molar-refractivity contribution in [1.82, 2.24) is 0 Å². The van der Waals surface area contributed by atoms with Crippen LogP contribution in [0.2, 0.25) is 0 Å². The van der Waals surface area contributed by atoms with Crippen molar-refractivity contribution in [3.05, 3.63) is 73.3 Å². The van der Waals surface area contributed by atoms with Gasteiger partial charge in [0.25, 0.3) is 0 Å². The molecule has 3 nitrogen and oxygen atoms in total. The standard InChI is InChI=1S/C18H20N2O/c1-3-14-20(17-12-8-5-9-13-17)18(21)15-19(2)16-10-6-4-7-11-16/h3-13H,1,14-15H2,2H3. The van der Waals surface area contributed by atoms with Crippen molar-refractivity contribution < 1.29 is 4.79 Å². The number of likely N-dealkylation sites (N-methyl/N-ethyl adjacent to an activating group) is 1. The van der Waals surface area contributed by atoms with E-state index in [9.17, 15) is 4.79 Å². The molecule has 0 atom stereocenters. The number of benzene rings is 2. The van der Waals surface area contributed by atoms with Gasteiger partial charge in [-0.1, -0.05) is 42.5 Å². The van der Waals surface area contributed by atoms with Gasteiger partial charge in [0, 0.05) is 25.0 Å². The molecule has 0 saturated carbocycles. The molecule has 0 unspecified atom stereocenters. The van der Waals surface area contributed by atoms with Gasteiger partial charge in [0.15, 0.2) is 0 Å². The van der Waals surface area contributed by atoms with Crippen LogP contribution in [0, 0.1) is 0 Å². The highest BCUT2D eigenvalue weighted by atomic mass is 16.2. The Kier molecular flexibility index (Phi) is 5.16. The first kappa shape index (κ1) is 14.9. The first-order valence-corrected chi connectivity index (χ1v) is 6.95. The molecule has 0 N–H and O–H groups in total. The van der Waals surface area contributed by atoms with Crippen molar-refractivity contribution in [2.75, 3.05) is 29.9 Å². The molecule has 108 valence electrons. The fourth-order valence-electron chi connectivity index (χ4n) is 2.15. The second-order valence-corrected chi connectivity index (χ2v) is 4.82. The normalized spacial score (nSPS) is 9.95. The Labute approximate surface area is 126 Å². The van der Waals surface area contributed by atoms with Crippen molar-refractivity contribution in [2.24, 2.45) is 0 Å². The van der Waals surface area contributed by atoms with Gasteiger partial charge in [-0.05, 0) is 24.3 Å². The Bertz CT molecular complexity index is 581. The van der Waals surface area contributed by atoms with Crippen LogP contribution in [0.4, 0.5) is 11.4 Å². The van der Waals surface area contributed by atoms with E-state index in [-0.39, 0.29) is 5.91 Å². The summed E-state index contributed by atoms with van der Waals surface area (Å²) in [5.41, 5.74) is 1.92. The topological polar surface area (TPSA) is 23.6 Å². The summed E-state index contributed by atoms with van der Waals surface area (Å²) in [5.74, 6) is 0.0486. The van der Waals surface area contributed by atoms with Gasteiger partial charge < -0.3 is 9.80 Å². The Morgan fingerprint density at radius 2 is 1.52 bits per heavy atom. The van der Waals surface area contributed by atoms with E-state index in [1.165, 1.54) is 0 Å². The molecular formula is C18H20N2O. The monoisotopic (exact) mass is 280 g/mol. The molecule has 2 aromatic carbocycles. The molecule has 0 spiro atoms. The maximum Gasteiger partial charge on any atom is 0.246 e. The smallest absolute Gasteiger partial charge is 0.246 e. The average molecular weight is 280 g/mol. The summed E-state index contributed by atoms with van der Waals surface area (Å²) < 4.78 is 0. The first-order chi connectivity index (χ1) is 10.2. The van der Waals surface area contributed by atoms with Crippen LogP contribution in [0.1, 0.15) is 0 Å². The lowest BCUT2D eigenvalue weighted by Gasteiger charge is -2.25. The maximum atomic E-state index is 12.6. The highest BCUT2D eigenvalue weighted by molar-refractivity contribution is 5.96. The molecule has 0 aliphatic rings. The number of hydrogen-bond donors (Lipinski definition) is 0. The number of para-hydroxylation sites is 2. The third-order valence-electron chi connectivity index (χ3n) is 3.25. The van der Waals surface area contributed by atoms with Crippen molar-refractivity contribution in [2.45, 2.75) is 0 Å². The lowest BCUT2D eigenvalue weighted by Crippen LogP contribution is -2.39. The Morgan fingerprint density at radius 1 is 1.00 bits per heavy atom. The Balaban J connectivity index is 2.11. The second-order valence-electron chi connectivity index (χ2n) is 4.82. The predicted octanol–water partition coefficient (Wildman–Crippen LogP) is 3.34. The van der Waals surface area contributed by atoms with Crippen LogP contribution in [-0.2, 0) is 4.79 Å². The summed E-state index contributed by atoms with van der Waals surface area (Å²) in [7, 11) is 1.92. The molecular weight excluding hydrogens is 260 g/mol. The van der Waals surface area contributed by atoms with Gasteiger partial charge in [-0.3, -0.25) is 4.79 Å².